The summed E-state index contributed by atoms with van der Waals surface area (Å²) in [5, 5.41) is 9.26. The Labute approximate surface area is 113 Å². The van der Waals surface area contributed by atoms with Crippen LogP contribution in [-0.2, 0) is 6.42 Å². The van der Waals surface area contributed by atoms with E-state index in [4.69, 9.17) is 0 Å². The minimum Gasteiger partial charge on any atom is -0.339 e. The normalized spacial score (nSPS) is 14.4. The first-order valence-electron chi connectivity index (χ1n) is 6.60. The smallest absolute Gasteiger partial charge is 0.101 e. The fourth-order valence-electron chi connectivity index (χ4n) is 2.64. The van der Waals surface area contributed by atoms with E-state index in [0.717, 1.165) is 25.1 Å². The van der Waals surface area contributed by atoms with Crippen molar-refractivity contribution >= 4 is 11.4 Å². The quantitative estimate of drug-likeness (QED) is 0.777. The summed E-state index contributed by atoms with van der Waals surface area (Å²) in [4.78, 5) is 6.41. The van der Waals surface area contributed by atoms with Crippen LogP contribution in [0.15, 0.2) is 42.7 Å². The largest absolute Gasteiger partial charge is 0.339 e. The fraction of sp³-hybridized carbons (Fsp3) is 0.250. The van der Waals surface area contributed by atoms with Crippen LogP contribution in [0.1, 0.15) is 24.0 Å². The van der Waals surface area contributed by atoms with E-state index in [1.54, 1.807) is 18.5 Å². The summed E-state index contributed by atoms with van der Waals surface area (Å²) in [6.07, 6.45) is 6.89. The summed E-state index contributed by atoms with van der Waals surface area (Å²) in [6, 6.07) is 12.5. The van der Waals surface area contributed by atoms with Crippen LogP contribution in [0, 0.1) is 11.3 Å². The lowest BCUT2D eigenvalue weighted by atomic mass is 10.1. The molecule has 0 fully saturated rings. The first kappa shape index (κ1) is 11.7. The molecule has 0 saturated carbocycles. The molecule has 2 aromatic rings. The standard InChI is InChI=1S/C16H15N3/c17-11-14-8-9-18-12-16(14)19-10-4-3-6-13-5-1-2-7-15(13)19/h1-2,5,7-9,12H,3-4,6,10H2. The minimum absolute atomic E-state index is 0.687. The maximum atomic E-state index is 9.26. The van der Waals surface area contributed by atoms with E-state index >= 15 is 0 Å². The molecule has 0 radical (unpaired) electrons. The van der Waals surface area contributed by atoms with E-state index in [1.165, 1.54) is 17.7 Å². The number of anilines is 2. The summed E-state index contributed by atoms with van der Waals surface area (Å²) in [6.45, 7) is 0.942. The highest BCUT2D eigenvalue weighted by Crippen LogP contribution is 2.33. The minimum atomic E-state index is 0.687. The van der Waals surface area contributed by atoms with Crippen molar-refractivity contribution in [3.8, 4) is 6.07 Å². The monoisotopic (exact) mass is 249 g/mol. The zero-order chi connectivity index (χ0) is 13.1. The highest BCUT2D eigenvalue weighted by molar-refractivity contribution is 5.71. The van der Waals surface area contributed by atoms with Gasteiger partial charge in [0.15, 0.2) is 0 Å². The average molecular weight is 249 g/mol. The van der Waals surface area contributed by atoms with Gasteiger partial charge in [-0.15, -0.1) is 0 Å². The topological polar surface area (TPSA) is 39.9 Å². The Balaban J connectivity index is 2.12. The molecule has 2 heterocycles. The van der Waals surface area contributed by atoms with Gasteiger partial charge in [0.1, 0.15) is 6.07 Å². The number of benzene rings is 1. The molecule has 0 N–H and O–H groups in total. The number of aromatic nitrogens is 1. The molecule has 1 aromatic heterocycles. The number of fused-ring (bicyclic) bond motifs is 1. The number of rotatable bonds is 1. The predicted molar refractivity (Wildman–Crippen MR) is 75.3 cm³/mol. The van der Waals surface area contributed by atoms with Gasteiger partial charge in [0.05, 0.1) is 17.4 Å². The zero-order valence-corrected chi connectivity index (χ0v) is 10.7. The molecule has 0 bridgehead atoms. The van der Waals surface area contributed by atoms with Crippen molar-refractivity contribution < 1.29 is 0 Å². The Morgan fingerprint density at radius 3 is 2.89 bits per heavy atom. The summed E-state index contributed by atoms with van der Waals surface area (Å²) in [7, 11) is 0. The van der Waals surface area contributed by atoms with Gasteiger partial charge in [-0.3, -0.25) is 4.98 Å². The van der Waals surface area contributed by atoms with E-state index in [9.17, 15) is 5.26 Å². The molecule has 19 heavy (non-hydrogen) atoms. The lowest BCUT2D eigenvalue weighted by Gasteiger charge is -2.25. The van der Waals surface area contributed by atoms with Crippen molar-refractivity contribution in [1.29, 1.82) is 5.26 Å². The van der Waals surface area contributed by atoms with Gasteiger partial charge in [-0.2, -0.15) is 5.26 Å². The molecule has 3 rings (SSSR count). The predicted octanol–water partition coefficient (Wildman–Crippen LogP) is 3.43. The second-order valence-corrected chi connectivity index (χ2v) is 4.74. The van der Waals surface area contributed by atoms with E-state index < -0.39 is 0 Å². The number of pyridine rings is 1. The number of hydrogen-bond acceptors (Lipinski definition) is 3. The molecule has 1 aliphatic heterocycles. The molecule has 0 spiro atoms. The summed E-state index contributed by atoms with van der Waals surface area (Å²) in [5.74, 6) is 0. The molecule has 0 amide bonds. The second-order valence-electron chi connectivity index (χ2n) is 4.74. The van der Waals surface area contributed by atoms with Crippen LogP contribution in [-0.4, -0.2) is 11.5 Å². The molecule has 1 aliphatic rings. The van der Waals surface area contributed by atoms with E-state index in [0.29, 0.717) is 5.56 Å². The van der Waals surface area contributed by atoms with E-state index in [2.05, 4.69) is 40.2 Å². The van der Waals surface area contributed by atoms with Crippen molar-refractivity contribution in [3.63, 3.8) is 0 Å². The van der Waals surface area contributed by atoms with Crippen LogP contribution >= 0.6 is 0 Å². The van der Waals surface area contributed by atoms with Crippen molar-refractivity contribution in [2.24, 2.45) is 0 Å². The van der Waals surface area contributed by atoms with Gasteiger partial charge in [0.25, 0.3) is 0 Å². The highest BCUT2D eigenvalue weighted by Gasteiger charge is 2.18. The highest BCUT2D eigenvalue weighted by atomic mass is 15.1. The van der Waals surface area contributed by atoms with Gasteiger partial charge in [0.2, 0.25) is 0 Å². The second kappa shape index (κ2) is 5.11. The summed E-state index contributed by atoms with van der Waals surface area (Å²) >= 11 is 0. The number of aryl methyl sites for hydroxylation is 1. The summed E-state index contributed by atoms with van der Waals surface area (Å²) < 4.78 is 0. The maximum Gasteiger partial charge on any atom is 0.101 e. The lowest BCUT2D eigenvalue weighted by molar-refractivity contribution is 0.760. The van der Waals surface area contributed by atoms with Gasteiger partial charge in [-0.25, -0.2) is 0 Å². The number of nitriles is 1. The third-order valence-corrected chi connectivity index (χ3v) is 3.57. The van der Waals surface area contributed by atoms with Gasteiger partial charge >= 0.3 is 0 Å². The molecular formula is C16H15N3. The first-order chi connectivity index (χ1) is 9.40. The van der Waals surface area contributed by atoms with Crippen molar-refractivity contribution in [3.05, 3.63) is 53.9 Å². The maximum absolute atomic E-state index is 9.26. The van der Waals surface area contributed by atoms with E-state index in [1.807, 2.05) is 0 Å². The molecule has 3 heteroatoms. The third kappa shape index (κ3) is 2.17. The molecule has 0 unspecified atom stereocenters. The Morgan fingerprint density at radius 1 is 1.11 bits per heavy atom. The van der Waals surface area contributed by atoms with Crippen LogP contribution in [0.5, 0.6) is 0 Å². The number of nitrogens with zero attached hydrogens (tertiary/aromatic N) is 3. The fourth-order valence-corrected chi connectivity index (χ4v) is 2.64. The molecule has 0 saturated heterocycles. The van der Waals surface area contributed by atoms with Crippen LogP contribution in [0.2, 0.25) is 0 Å². The van der Waals surface area contributed by atoms with Gasteiger partial charge in [-0.1, -0.05) is 18.2 Å². The Bertz CT molecular complexity index is 628. The van der Waals surface area contributed by atoms with Crippen molar-refractivity contribution in [2.45, 2.75) is 19.3 Å². The Morgan fingerprint density at radius 2 is 2.00 bits per heavy atom. The third-order valence-electron chi connectivity index (χ3n) is 3.57. The molecule has 94 valence electrons. The van der Waals surface area contributed by atoms with Crippen LogP contribution in [0.25, 0.3) is 0 Å². The number of para-hydroxylation sites is 1. The average Bonchev–Trinajstić information content (AvgIpc) is 2.69. The SMILES string of the molecule is N#Cc1ccncc1N1CCCCc2ccccc21. The van der Waals surface area contributed by atoms with Crippen molar-refractivity contribution in [1.82, 2.24) is 4.98 Å². The molecule has 0 atom stereocenters. The molecule has 1 aromatic carbocycles. The van der Waals surface area contributed by atoms with Crippen molar-refractivity contribution in [2.75, 3.05) is 11.4 Å². The van der Waals surface area contributed by atoms with Gasteiger partial charge < -0.3 is 4.90 Å². The van der Waals surface area contributed by atoms with Crippen LogP contribution in [0.3, 0.4) is 0 Å². The number of hydrogen-bond donors (Lipinski definition) is 0. The molecule has 0 aliphatic carbocycles. The molecular weight excluding hydrogens is 234 g/mol. The van der Waals surface area contributed by atoms with Crippen LogP contribution < -0.4 is 4.90 Å². The molecule has 3 nitrogen and oxygen atoms in total. The summed E-state index contributed by atoms with van der Waals surface area (Å²) in [5.41, 5.74) is 4.17. The Hall–Kier alpha value is -2.34. The van der Waals surface area contributed by atoms with Gasteiger partial charge in [-0.05, 0) is 37.0 Å². The van der Waals surface area contributed by atoms with Crippen LogP contribution in [0.4, 0.5) is 11.4 Å². The zero-order valence-electron chi connectivity index (χ0n) is 10.7. The van der Waals surface area contributed by atoms with E-state index in [-0.39, 0.29) is 0 Å². The first-order valence-corrected chi connectivity index (χ1v) is 6.60. The Kier molecular flexibility index (Phi) is 3.16. The lowest BCUT2D eigenvalue weighted by Crippen LogP contribution is -2.19. The van der Waals surface area contributed by atoms with Gasteiger partial charge in [0, 0.05) is 18.4 Å².